The highest BCUT2D eigenvalue weighted by molar-refractivity contribution is 5.98. The number of carbonyl (C=O) groups excluding carboxylic acids is 1. The average Bonchev–Trinajstić information content (AvgIpc) is 3.48. The average molecular weight is 612 g/mol. The lowest BCUT2D eigenvalue weighted by Crippen LogP contribution is -2.34. The van der Waals surface area contributed by atoms with Crippen LogP contribution in [0.2, 0.25) is 0 Å². The Hall–Kier alpha value is -3.78. The van der Waals surface area contributed by atoms with Gasteiger partial charge < -0.3 is 15.0 Å². The molecule has 1 atom stereocenters. The zero-order chi connectivity index (χ0) is 31.3. The monoisotopic (exact) mass is 611 g/mol. The van der Waals surface area contributed by atoms with Crippen LogP contribution in [0.3, 0.4) is 0 Å². The van der Waals surface area contributed by atoms with E-state index in [-0.39, 0.29) is 5.78 Å². The maximum atomic E-state index is 13.4. The van der Waals surface area contributed by atoms with Gasteiger partial charge in [0.2, 0.25) is 6.36 Å². The molecule has 0 bridgehead atoms. The number of alkyl halides is 1. The van der Waals surface area contributed by atoms with Crippen molar-refractivity contribution in [1.29, 1.82) is 0 Å². The van der Waals surface area contributed by atoms with Gasteiger partial charge in [0.05, 0.1) is 11.9 Å². The predicted octanol–water partition coefficient (Wildman–Crippen LogP) is 8.64. The van der Waals surface area contributed by atoms with Gasteiger partial charge in [-0.05, 0) is 124 Å². The molecule has 1 unspecified atom stereocenters. The van der Waals surface area contributed by atoms with E-state index in [9.17, 15) is 9.18 Å². The van der Waals surface area contributed by atoms with Crippen LogP contribution in [0.1, 0.15) is 81.1 Å². The van der Waals surface area contributed by atoms with E-state index in [1.807, 2.05) is 47.9 Å². The van der Waals surface area contributed by atoms with E-state index in [0.29, 0.717) is 29.6 Å². The van der Waals surface area contributed by atoms with Crippen LogP contribution in [-0.4, -0.2) is 51.0 Å². The second-order valence-corrected chi connectivity index (χ2v) is 13.1. The van der Waals surface area contributed by atoms with E-state index in [1.54, 1.807) is 24.5 Å². The molecule has 238 valence electrons. The molecule has 2 aliphatic rings. The standard InChI is InChI=1S/C37H46FN5O2/c1-4-42-18-15-29(16-19-42)22-27-5-7-28(8-6-27)23-35(44)33-14-11-31(21-25(33)2)41-36-37-40-24-34(43(37)20-17-39-36)30-9-12-32(13-10-30)45-26(3)38/h9-14,17,20-21,24,26-29H,4-8,15-16,18-19,22-23H2,1-3H3,(H,39,41). The summed E-state index contributed by atoms with van der Waals surface area (Å²) < 4.78 is 20.3. The number of ether oxygens (including phenoxy) is 1. The maximum Gasteiger partial charge on any atom is 0.235 e. The number of likely N-dealkylation sites (tertiary alicyclic amines) is 1. The third kappa shape index (κ3) is 7.55. The highest BCUT2D eigenvalue weighted by Crippen LogP contribution is 2.37. The Morgan fingerprint density at radius 2 is 1.71 bits per heavy atom. The van der Waals surface area contributed by atoms with Gasteiger partial charge in [0.15, 0.2) is 17.2 Å². The van der Waals surface area contributed by atoms with Crippen molar-refractivity contribution in [3.63, 3.8) is 0 Å². The van der Waals surface area contributed by atoms with E-state index in [4.69, 9.17) is 4.74 Å². The number of Topliss-reactive ketones (excluding diaryl/α,β-unsaturated/α-hetero) is 1. The summed E-state index contributed by atoms with van der Waals surface area (Å²) in [4.78, 5) is 25.1. The lowest BCUT2D eigenvalue weighted by Gasteiger charge is -2.35. The Morgan fingerprint density at radius 3 is 2.40 bits per heavy atom. The van der Waals surface area contributed by atoms with Crippen LogP contribution in [0.15, 0.2) is 61.1 Å². The number of hydrogen-bond acceptors (Lipinski definition) is 6. The first-order valence-electron chi connectivity index (χ1n) is 16.7. The van der Waals surface area contributed by atoms with Gasteiger partial charge in [0.25, 0.3) is 0 Å². The molecule has 1 aliphatic heterocycles. The van der Waals surface area contributed by atoms with Crippen LogP contribution >= 0.6 is 0 Å². The van der Waals surface area contributed by atoms with Crippen molar-refractivity contribution in [3.8, 4) is 17.0 Å². The van der Waals surface area contributed by atoms with E-state index in [0.717, 1.165) is 39.9 Å². The summed E-state index contributed by atoms with van der Waals surface area (Å²) in [5.41, 5.74) is 5.15. The number of fused-ring (bicyclic) bond motifs is 1. The number of anilines is 2. The van der Waals surface area contributed by atoms with Crippen LogP contribution in [0.5, 0.6) is 5.75 Å². The van der Waals surface area contributed by atoms with Gasteiger partial charge in [-0.3, -0.25) is 9.20 Å². The molecule has 1 N–H and O–H groups in total. The molecule has 4 aromatic rings. The second-order valence-electron chi connectivity index (χ2n) is 13.1. The van der Waals surface area contributed by atoms with Crippen molar-refractivity contribution in [2.45, 2.75) is 78.5 Å². The molecule has 0 amide bonds. The minimum absolute atomic E-state index is 0.255. The van der Waals surface area contributed by atoms with Crippen LogP contribution in [0.4, 0.5) is 15.9 Å². The minimum atomic E-state index is -1.37. The number of piperidine rings is 1. The van der Waals surface area contributed by atoms with Crippen molar-refractivity contribution in [1.82, 2.24) is 19.3 Å². The molecule has 45 heavy (non-hydrogen) atoms. The first-order chi connectivity index (χ1) is 21.9. The van der Waals surface area contributed by atoms with Crippen LogP contribution in [0.25, 0.3) is 16.9 Å². The maximum absolute atomic E-state index is 13.4. The number of benzene rings is 2. The fourth-order valence-corrected chi connectivity index (χ4v) is 7.36. The summed E-state index contributed by atoms with van der Waals surface area (Å²) in [6.07, 6.45) is 13.7. The van der Waals surface area contributed by atoms with Gasteiger partial charge in [-0.15, -0.1) is 0 Å². The fourth-order valence-electron chi connectivity index (χ4n) is 7.36. The van der Waals surface area contributed by atoms with Crippen LogP contribution in [-0.2, 0) is 0 Å². The van der Waals surface area contributed by atoms with Crippen LogP contribution < -0.4 is 10.1 Å². The van der Waals surface area contributed by atoms with Gasteiger partial charge >= 0.3 is 0 Å². The number of ketones is 1. The van der Waals surface area contributed by atoms with E-state index in [2.05, 4.69) is 27.1 Å². The minimum Gasteiger partial charge on any atom is -0.461 e. The summed E-state index contributed by atoms with van der Waals surface area (Å²) in [5, 5.41) is 3.40. The SMILES string of the molecule is CCN1CCC(CC2CCC(CC(=O)c3ccc(Nc4nccn5c(-c6ccc(OC(C)F)cc6)cnc45)cc3C)CC2)CC1. The predicted molar refractivity (Wildman–Crippen MR) is 178 cm³/mol. The first kappa shape index (κ1) is 31.2. The quantitative estimate of drug-likeness (QED) is 0.171. The van der Waals surface area contributed by atoms with Crippen molar-refractivity contribution >= 4 is 22.9 Å². The topological polar surface area (TPSA) is 71.8 Å². The number of carbonyl (C=O) groups is 1. The lowest BCUT2D eigenvalue weighted by molar-refractivity contribution is 0.0860. The van der Waals surface area contributed by atoms with Gasteiger partial charge in [-0.25, -0.2) is 14.4 Å². The Bertz CT molecular complexity index is 1580. The summed E-state index contributed by atoms with van der Waals surface area (Å²) in [7, 11) is 0. The molecule has 2 aromatic heterocycles. The second kappa shape index (κ2) is 14.1. The number of aryl methyl sites for hydroxylation is 1. The number of rotatable bonds is 11. The highest BCUT2D eigenvalue weighted by atomic mass is 19.1. The van der Waals surface area contributed by atoms with Crippen molar-refractivity contribution in [3.05, 3.63) is 72.2 Å². The summed E-state index contributed by atoms with van der Waals surface area (Å²) >= 11 is 0. The molecule has 0 spiro atoms. The molecule has 7 nitrogen and oxygen atoms in total. The Morgan fingerprint density at radius 1 is 1.00 bits per heavy atom. The van der Waals surface area contributed by atoms with E-state index >= 15 is 0 Å². The van der Waals surface area contributed by atoms with E-state index < -0.39 is 6.36 Å². The molecule has 1 aliphatic carbocycles. The lowest BCUT2D eigenvalue weighted by atomic mass is 9.75. The number of nitrogens with one attached hydrogen (secondary N) is 1. The third-order valence-corrected chi connectivity index (χ3v) is 9.93. The van der Waals surface area contributed by atoms with Gasteiger partial charge in [-0.2, -0.15) is 0 Å². The van der Waals surface area contributed by atoms with Crippen molar-refractivity contribution in [2.75, 3.05) is 25.0 Å². The molecule has 1 saturated heterocycles. The Balaban J connectivity index is 1.05. The van der Waals surface area contributed by atoms with E-state index in [1.165, 1.54) is 71.5 Å². The Labute approximate surface area is 266 Å². The molecular weight excluding hydrogens is 565 g/mol. The molecule has 6 rings (SSSR count). The molecule has 2 aromatic carbocycles. The molecule has 8 heteroatoms. The smallest absolute Gasteiger partial charge is 0.235 e. The molecule has 2 fully saturated rings. The van der Waals surface area contributed by atoms with Gasteiger partial charge in [-0.1, -0.05) is 19.8 Å². The summed E-state index contributed by atoms with van der Waals surface area (Å²) in [5.74, 6) is 3.60. The molecular formula is C37H46FN5O2. The highest BCUT2D eigenvalue weighted by Gasteiger charge is 2.27. The number of hydrogen-bond donors (Lipinski definition) is 1. The first-order valence-corrected chi connectivity index (χ1v) is 16.7. The normalized spacial score (nSPS) is 20.3. The zero-order valence-corrected chi connectivity index (χ0v) is 26.8. The largest absolute Gasteiger partial charge is 0.461 e. The number of halogens is 1. The van der Waals surface area contributed by atoms with Crippen molar-refractivity contribution < 1.29 is 13.9 Å². The Kier molecular flexibility index (Phi) is 9.79. The summed E-state index contributed by atoms with van der Waals surface area (Å²) in [6, 6.07) is 13.2. The molecule has 0 radical (unpaired) electrons. The van der Waals surface area contributed by atoms with Crippen LogP contribution in [0, 0.1) is 24.7 Å². The zero-order valence-electron chi connectivity index (χ0n) is 26.8. The number of aromatic nitrogens is 3. The van der Waals surface area contributed by atoms with Crippen molar-refractivity contribution in [2.24, 2.45) is 17.8 Å². The number of nitrogens with zero attached hydrogens (tertiary/aromatic N) is 4. The molecule has 3 heterocycles. The van der Waals surface area contributed by atoms with Gasteiger partial charge in [0.1, 0.15) is 5.75 Å². The number of imidazole rings is 1. The van der Waals surface area contributed by atoms with Gasteiger partial charge in [0, 0.05) is 42.6 Å². The fraction of sp³-hybridized carbons (Fsp3) is 0.486. The third-order valence-electron chi connectivity index (χ3n) is 9.93. The summed E-state index contributed by atoms with van der Waals surface area (Å²) in [6.45, 7) is 9.36. The molecule has 1 saturated carbocycles.